The Balaban J connectivity index is 1.57. The maximum absolute atomic E-state index is 6.45. The minimum absolute atomic E-state index is 0.909. The molecule has 0 unspecified atom stereocenters. The summed E-state index contributed by atoms with van der Waals surface area (Å²) in [6, 6.07) is 34.7. The van der Waals surface area contributed by atoms with Gasteiger partial charge >= 0.3 is 0 Å². The van der Waals surface area contributed by atoms with Gasteiger partial charge < -0.3 is 4.42 Å². The van der Waals surface area contributed by atoms with Crippen LogP contribution < -0.4 is 0 Å². The van der Waals surface area contributed by atoms with Gasteiger partial charge in [-0.1, -0.05) is 91.0 Å². The van der Waals surface area contributed by atoms with E-state index in [2.05, 4.69) is 91.0 Å². The number of hydrogen-bond donors (Lipinski definition) is 0. The van der Waals surface area contributed by atoms with E-state index in [1.807, 2.05) is 6.07 Å². The van der Waals surface area contributed by atoms with Gasteiger partial charge in [0.1, 0.15) is 11.2 Å². The molecule has 1 heteroatoms. The largest absolute Gasteiger partial charge is 0.456 e. The second-order valence-electron chi connectivity index (χ2n) is 8.12. The predicted octanol–water partition coefficient (Wildman–Crippen LogP) is 7.98. The first-order valence-corrected chi connectivity index (χ1v) is 10.4. The van der Waals surface area contributed by atoms with Crippen molar-refractivity contribution in [3.8, 4) is 22.3 Å². The van der Waals surface area contributed by atoms with Gasteiger partial charge in [0.15, 0.2) is 0 Å². The molecule has 6 aromatic rings. The number of furan rings is 1. The second-order valence-corrected chi connectivity index (χ2v) is 8.12. The molecule has 0 saturated heterocycles. The van der Waals surface area contributed by atoms with Crippen LogP contribution in [0.15, 0.2) is 101 Å². The lowest BCUT2D eigenvalue weighted by Gasteiger charge is -2.09. The summed E-state index contributed by atoms with van der Waals surface area (Å²) in [5.74, 6) is 0. The first-order chi connectivity index (χ1) is 14.9. The van der Waals surface area contributed by atoms with Gasteiger partial charge in [0.2, 0.25) is 0 Å². The van der Waals surface area contributed by atoms with Gasteiger partial charge in [-0.05, 0) is 44.7 Å². The standard InChI is InChI=1S/C29H18O/c1-2-8-18(9-3-1)19-14-15-21-20(16-19)17-25-27(21)22-10-4-5-11-23(22)28-24-12-6-7-13-26(24)30-29(25)28/h1-16H,17H2. The highest BCUT2D eigenvalue weighted by Gasteiger charge is 2.27. The molecule has 0 amide bonds. The molecule has 0 aliphatic heterocycles. The molecular weight excluding hydrogens is 364 g/mol. The van der Waals surface area contributed by atoms with E-state index in [9.17, 15) is 0 Å². The molecule has 0 radical (unpaired) electrons. The van der Waals surface area contributed by atoms with E-state index in [0.29, 0.717) is 0 Å². The lowest BCUT2D eigenvalue weighted by Crippen LogP contribution is -1.85. The van der Waals surface area contributed by atoms with Gasteiger partial charge in [-0.2, -0.15) is 0 Å². The van der Waals surface area contributed by atoms with Crippen molar-refractivity contribution in [2.75, 3.05) is 0 Å². The van der Waals surface area contributed by atoms with Crippen molar-refractivity contribution in [2.45, 2.75) is 6.42 Å². The zero-order chi connectivity index (χ0) is 19.7. The Labute approximate surface area is 174 Å². The quantitative estimate of drug-likeness (QED) is 0.280. The summed E-state index contributed by atoms with van der Waals surface area (Å²) < 4.78 is 6.45. The summed E-state index contributed by atoms with van der Waals surface area (Å²) in [5, 5.41) is 5.04. The molecule has 1 aromatic heterocycles. The maximum atomic E-state index is 6.45. The molecule has 0 fully saturated rings. The lowest BCUT2D eigenvalue weighted by molar-refractivity contribution is 0.665. The summed E-state index contributed by atoms with van der Waals surface area (Å²) in [7, 11) is 0. The summed E-state index contributed by atoms with van der Waals surface area (Å²) in [6.45, 7) is 0. The molecule has 0 atom stereocenters. The van der Waals surface area contributed by atoms with Crippen LogP contribution in [0, 0.1) is 0 Å². The van der Waals surface area contributed by atoms with Gasteiger partial charge in [-0.25, -0.2) is 0 Å². The van der Waals surface area contributed by atoms with Crippen LogP contribution in [-0.4, -0.2) is 0 Å². The molecule has 1 aliphatic rings. The van der Waals surface area contributed by atoms with Gasteiger partial charge in [0, 0.05) is 22.8 Å². The molecule has 0 N–H and O–H groups in total. The topological polar surface area (TPSA) is 13.1 Å². The summed E-state index contributed by atoms with van der Waals surface area (Å²) in [4.78, 5) is 0. The van der Waals surface area contributed by atoms with E-state index in [1.54, 1.807) is 0 Å². The molecule has 0 saturated carbocycles. The van der Waals surface area contributed by atoms with Crippen molar-refractivity contribution < 1.29 is 4.42 Å². The van der Waals surface area contributed by atoms with Crippen LogP contribution >= 0.6 is 0 Å². The Bertz CT molecular complexity index is 1600. The van der Waals surface area contributed by atoms with Crippen LogP contribution in [0.1, 0.15) is 11.1 Å². The molecule has 7 rings (SSSR count). The highest BCUT2D eigenvalue weighted by atomic mass is 16.3. The summed E-state index contributed by atoms with van der Waals surface area (Å²) in [5.41, 5.74) is 9.91. The van der Waals surface area contributed by atoms with Gasteiger partial charge in [-0.3, -0.25) is 0 Å². The van der Waals surface area contributed by atoms with Crippen molar-refractivity contribution in [2.24, 2.45) is 0 Å². The average Bonchev–Trinajstić information content (AvgIpc) is 3.38. The molecule has 1 aliphatic carbocycles. The fourth-order valence-corrected chi connectivity index (χ4v) is 5.18. The van der Waals surface area contributed by atoms with E-state index in [-0.39, 0.29) is 0 Å². The zero-order valence-electron chi connectivity index (χ0n) is 16.4. The minimum atomic E-state index is 0.909. The van der Waals surface area contributed by atoms with Crippen LogP contribution in [-0.2, 0) is 6.42 Å². The Kier molecular flexibility index (Phi) is 3.12. The van der Waals surface area contributed by atoms with Gasteiger partial charge in [-0.15, -0.1) is 0 Å². The molecule has 1 heterocycles. The SMILES string of the molecule is c1ccc(-c2ccc3c(c2)Cc2c-3c3ccccc3c3c2oc2ccccc23)cc1. The van der Waals surface area contributed by atoms with E-state index in [4.69, 9.17) is 4.42 Å². The number of para-hydroxylation sites is 1. The highest BCUT2D eigenvalue weighted by Crippen LogP contribution is 2.49. The first-order valence-electron chi connectivity index (χ1n) is 10.4. The van der Waals surface area contributed by atoms with Crippen molar-refractivity contribution in [1.82, 2.24) is 0 Å². The Morgan fingerprint density at radius 2 is 1.33 bits per heavy atom. The summed E-state index contributed by atoms with van der Waals surface area (Å²) in [6.07, 6.45) is 0.909. The number of rotatable bonds is 1. The molecule has 1 nitrogen and oxygen atoms in total. The summed E-state index contributed by atoms with van der Waals surface area (Å²) >= 11 is 0. The van der Waals surface area contributed by atoms with Crippen molar-refractivity contribution in [1.29, 1.82) is 0 Å². The second kappa shape index (κ2) is 5.84. The fourth-order valence-electron chi connectivity index (χ4n) is 5.18. The van der Waals surface area contributed by atoms with Gasteiger partial charge in [0.25, 0.3) is 0 Å². The third-order valence-electron chi connectivity index (χ3n) is 6.49. The van der Waals surface area contributed by atoms with Crippen LogP contribution in [0.5, 0.6) is 0 Å². The van der Waals surface area contributed by atoms with Crippen LogP contribution in [0.2, 0.25) is 0 Å². The average molecular weight is 382 g/mol. The number of benzene rings is 5. The molecule has 30 heavy (non-hydrogen) atoms. The normalized spacial score (nSPS) is 12.5. The van der Waals surface area contributed by atoms with Crippen molar-refractivity contribution >= 4 is 32.7 Å². The van der Waals surface area contributed by atoms with Crippen LogP contribution in [0.3, 0.4) is 0 Å². The Morgan fingerprint density at radius 1 is 0.600 bits per heavy atom. The molecule has 140 valence electrons. The third kappa shape index (κ3) is 2.07. The Morgan fingerprint density at radius 3 is 2.20 bits per heavy atom. The lowest BCUT2D eigenvalue weighted by atomic mass is 9.93. The van der Waals surface area contributed by atoms with Gasteiger partial charge in [0.05, 0.1) is 0 Å². The molecular formula is C29H18O. The van der Waals surface area contributed by atoms with Crippen LogP contribution in [0.25, 0.3) is 55.0 Å². The first kappa shape index (κ1) is 16.0. The molecule has 0 spiro atoms. The third-order valence-corrected chi connectivity index (χ3v) is 6.49. The number of hydrogen-bond acceptors (Lipinski definition) is 1. The predicted molar refractivity (Wildman–Crippen MR) is 125 cm³/mol. The van der Waals surface area contributed by atoms with E-state index < -0.39 is 0 Å². The Hall–Kier alpha value is -3.84. The van der Waals surface area contributed by atoms with E-state index in [0.717, 1.165) is 17.6 Å². The minimum Gasteiger partial charge on any atom is -0.456 e. The maximum Gasteiger partial charge on any atom is 0.140 e. The smallest absolute Gasteiger partial charge is 0.140 e. The monoisotopic (exact) mass is 382 g/mol. The van der Waals surface area contributed by atoms with E-state index in [1.165, 1.54) is 54.9 Å². The molecule has 0 bridgehead atoms. The fraction of sp³-hybridized carbons (Fsp3) is 0.0345. The van der Waals surface area contributed by atoms with Crippen LogP contribution in [0.4, 0.5) is 0 Å². The zero-order valence-corrected chi connectivity index (χ0v) is 16.4. The molecule has 5 aromatic carbocycles. The van der Waals surface area contributed by atoms with Crippen molar-refractivity contribution in [3.63, 3.8) is 0 Å². The van der Waals surface area contributed by atoms with E-state index >= 15 is 0 Å². The van der Waals surface area contributed by atoms with Crippen molar-refractivity contribution in [3.05, 3.63) is 108 Å². The number of fused-ring (bicyclic) bond motifs is 10. The highest BCUT2D eigenvalue weighted by molar-refractivity contribution is 6.24.